The molecule has 138 valence electrons. The fourth-order valence-corrected chi connectivity index (χ4v) is 3.20. The largest absolute Gasteiger partial charge is 0.468 e. The first-order valence-corrected chi connectivity index (χ1v) is 9.10. The lowest BCUT2D eigenvalue weighted by atomic mass is 10.1. The first-order valence-electron chi connectivity index (χ1n) is 9.10. The summed E-state index contributed by atoms with van der Waals surface area (Å²) in [6.45, 7) is 2.05. The van der Waals surface area contributed by atoms with E-state index < -0.39 is 0 Å². The molecule has 1 aromatic heterocycles. The van der Waals surface area contributed by atoms with Crippen LogP contribution in [0.4, 0.5) is 5.69 Å². The standard InChI is InChI=1S/C20H25N3O3/c1-14(18-11-6-12-26-18)21-13-19(24)23-17-10-5-4-9-16(17)20(25)22-15-7-2-3-8-15/h4-6,9-12,14-15,21H,2-3,7-8,13H2,1H3,(H,22,25)(H,23,24)/t14-/m1/s1. The summed E-state index contributed by atoms with van der Waals surface area (Å²) in [6.07, 6.45) is 5.96. The molecule has 2 aromatic rings. The number of carbonyl (C=O) groups excluding carboxylic acids is 2. The summed E-state index contributed by atoms with van der Waals surface area (Å²) in [5.74, 6) is 0.434. The molecule has 1 aromatic carbocycles. The van der Waals surface area contributed by atoms with Gasteiger partial charge < -0.3 is 15.1 Å². The van der Waals surface area contributed by atoms with Crippen molar-refractivity contribution in [2.45, 2.75) is 44.7 Å². The highest BCUT2D eigenvalue weighted by atomic mass is 16.3. The molecule has 6 heteroatoms. The predicted molar refractivity (Wildman–Crippen MR) is 99.9 cm³/mol. The van der Waals surface area contributed by atoms with Gasteiger partial charge in [-0.15, -0.1) is 0 Å². The third kappa shape index (κ3) is 4.73. The van der Waals surface area contributed by atoms with E-state index >= 15 is 0 Å². The van der Waals surface area contributed by atoms with Gasteiger partial charge >= 0.3 is 0 Å². The van der Waals surface area contributed by atoms with Gasteiger partial charge in [0.25, 0.3) is 5.91 Å². The van der Waals surface area contributed by atoms with Crippen LogP contribution in [0.5, 0.6) is 0 Å². The van der Waals surface area contributed by atoms with E-state index in [1.54, 1.807) is 30.5 Å². The fraction of sp³-hybridized carbons (Fsp3) is 0.400. The van der Waals surface area contributed by atoms with E-state index in [4.69, 9.17) is 4.42 Å². The summed E-state index contributed by atoms with van der Waals surface area (Å²) < 4.78 is 5.31. The molecule has 1 fully saturated rings. The zero-order valence-electron chi connectivity index (χ0n) is 15.0. The smallest absolute Gasteiger partial charge is 0.253 e. The van der Waals surface area contributed by atoms with Gasteiger partial charge in [0, 0.05) is 6.04 Å². The lowest BCUT2D eigenvalue weighted by Crippen LogP contribution is -2.34. The van der Waals surface area contributed by atoms with Gasteiger partial charge in [-0.3, -0.25) is 14.9 Å². The van der Waals surface area contributed by atoms with Gasteiger partial charge in [-0.05, 0) is 44.0 Å². The first kappa shape index (κ1) is 18.2. The van der Waals surface area contributed by atoms with Gasteiger partial charge in [0.05, 0.1) is 30.1 Å². The Morgan fingerprint density at radius 2 is 1.92 bits per heavy atom. The van der Waals surface area contributed by atoms with E-state index in [2.05, 4.69) is 16.0 Å². The molecule has 1 aliphatic carbocycles. The minimum atomic E-state index is -0.204. The Bertz CT molecular complexity index is 737. The molecular weight excluding hydrogens is 330 g/mol. The quantitative estimate of drug-likeness (QED) is 0.712. The molecule has 0 radical (unpaired) electrons. The second kappa shape index (κ2) is 8.67. The number of hydrogen-bond acceptors (Lipinski definition) is 4. The summed E-state index contributed by atoms with van der Waals surface area (Å²) >= 11 is 0. The first-order chi connectivity index (χ1) is 12.6. The van der Waals surface area contributed by atoms with E-state index in [-0.39, 0.29) is 30.4 Å². The summed E-state index contributed by atoms with van der Waals surface area (Å²) in [4.78, 5) is 24.8. The van der Waals surface area contributed by atoms with Crippen molar-refractivity contribution in [2.24, 2.45) is 0 Å². The molecule has 1 saturated carbocycles. The number of para-hydroxylation sites is 1. The fourth-order valence-electron chi connectivity index (χ4n) is 3.20. The number of hydrogen-bond donors (Lipinski definition) is 3. The van der Waals surface area contributed by atoms with Crippen LogP contribution in [0.2, 0.25) is 0 Å². The number of furan rings is 1. The van der Waals surface area contributed by atoms with Crippen molar-refractivity contribution in [1.29, 1.82) is 0 Å². The SMILES string of the molecule is C[C@@H](NCC(=O)Nc1ccccc1C(=O)NC1CCCC1)c1ccco1. The summed E-state index contributed by atoms with van der Waals surface area (Å²) in [5.41, 5.74) is 1.02. The molecule has 2 amide bonds. The number of nitrogens with one attached hydrogen (secondary N) is 3. The van der Waals surface area contributed by atoms with Crippen LogP contribution in [0.15, 0.2) is 47.1 Å². The van der Waals surface area contributed by atoms with Crippen LogP contribution in [0.3, 0.4) is 0 Å². The maximum Gasteiger partial charge on any atom is 0.253 e. The third-order valence-electron chi connectivity index (χ3n) is 4.67. The van der Waals surface area contributed by atoms with Gasteiger partial charge in [-0.25, -0.2) is 0 Å². The maximum absolute atomic E-state index is 12.5. The molecule has 0 spiro atoms. The van der Waals surface area contributed by atoms with E-state index in [1.165, 1.54) is 0 Å². The molecule has 0 saturated heterocycles. The molecule has 0 bridgehead atoms. The molecule has 0 aliphatic heterocycles. The molecular formula is C20H25N3O3. The van der Waals surface area contributed by atoms with Crippen LogP contribution in [0.25, 0.3) is 0 Å². The molecule has 0 unspecified atom stereocenters. The third-order valence-corrected chi connectivity index (χ3v) is 4.67. The number of rotatable bonds is 7. The van der Waals surface area contributed by atoms with Gasteiger partial charge in [-0.1, -0.05) is 25.0 Å². The number of anilines is 1. The second-order valence-electron chi connectivity index (χ2n) is 6.67. The van der Waals surface area contributed by atoms with Crippen LogP contribution < -0.4 is 16.0 Å². The number of benzene rings is 1. The minimum absolute atomic E-state index is 0.0725. The van der Waals surface area contributed by atoms with Crippen molar-refractivity contribution in [3.8, 4) is 0 Å². The van der Waals surface area contributed by atoms with Crippen LogP contribution in [-0.4, -0.2) is 24.4 Å². The molecule has 1 heterocycles. The van der Waals surface area contributed by atoms with Crippen LogP contribution in [0, 0.1) is 0 Å². The Hall–Kier alpha value is -2.60. The Morgan fingerprint density at radius 1 is 1.15 bits per heavy atom. The number of amides is 2. The van der Waals surface area contributed by atoms with E-state index in [1.807, 2.05) is 19.1 Å². The van der Waals surface area contributed by atoms with Gasteiger partial charge in [-0.2, -0.15) is 0 Å². The average molecular weight is 355 g/mol. The zero-order chi connectivity index (χ0) is 18.4. The molecule has 1 atom stereocenters. The zero-order valence-corrected chi connectivity index (χ0v) is 15.0. The molecule has 3 rings (SSSR count). The topological polar surface area (TPSA) is 83.4 Å². The normalized spacial score (nSPS) is 15.6. The van der Waals surface area contributed by atoms with Crippen molar-refractivity contribution >= 4 is 17.5 Å². The van der Waals surface area contributed by atoms with Crippen molar-refractivity contribution in [2.75, 3.05) is 11.9 Å². The Kier molecular flexibility index (Phi) is 6.07. The predicted octanol–water partition coefficient (Wildman–Crippen LogP) is 3.24. The molecule has 6 nitrogen and oxygen atoms in total. The van der Waals surface area contributed by atoms with E-state index in [0.29, 0.717) is 11.3 Å². The van der Waals surface area contributed by atoms with Gasteiger partial charge in [0.1, 0.15) is 5.76 Å². The molecule has 3 N–H and O–H groups in total. The lowest BCUT2D eigenvalue weighted by molar-refractivity contribution is -0.115. The van der Waals surface area contributed by atoms with Gasteiger partial charge in [0.15, 0.2) is 0 Å². The van der Waals surface area contributed by atoms with Crippen molar-refractivity contribution < 1.29 is 14.0 Å². The van der Waals surface area contributed by atoms with E-state index in [0.717, 1.165) is 31.4 Å². The molecule has 1 aliphatic rings. The van der Waals surface area contributed by atoms with Gasteiger partial charge in [0.2, 0.25) is 5.91 Å². The highest BCUT2D eigenvalue weighted by molar-refractivity contribution is 6.04. The Balaban J connectivity index is 1.56. The van der Waals surface area contributed by atoms with Crippen LogP contribution in [0.1, 0.15) is 54.8 Å². The Morgan fingerprint density at radius 3 is 2.65 bits per heavy atom. The highest BCUT2D eigenvalue weighted by Crippen LogP contribution is 2.20. The highest BCUT2D eigenvalue weighted by Gasteiger charge is 2.20. The average Bonchev–Trinajstić information content (AvgIpc) is 3.34. The van der Waals surface area contributed by atoms with Crippen molar-refractivity contribution in [3.63, 3.8) is 0 Å². The molecule has 26 heavy (non-hydrogen) atoms. The second-order valence-corrected chi connectivity index (χ2v) is 6.67. The van der Waals surface area contributed by atoms with Crippen LogP contribution in [-0.2, 0) is 4.79 Å². The summed E-state index contributed by atoms with van der Waals surface area (Å²) in [7, 11) is 0. The number of carbonyl (C=O) groups is 2. The monoisotopic (exact) mass is 355 g/mol. The van der Waals surface area contributed by atoms with Crippen molar-refractivity contribution in [1.82, 2.24) is 10.6 Å². The summed E-state index contributed by atoms with van der Waals surface area (Å²) in [5, 5.41) is 8.99. The van der Waals surface area contributed by atoms with Crippen molar-refractivity contribution in [3.05, 3.63) is 54.0 Å². The lowest BCUT2D eigenvalue weighted by Gasteiger charge is -2.16. The van der Waals surface area contributed by atoms with E-state index in [9.17, 15) is 9.59 Å². The minimum Gasteiger partial charge on any atom is -0.468 e. The Labute approximate surface area is 153 Å². The maximum atomic E-state index is 12.5. The van der Waals surface area contributed by atoms with Crippen LogP contribution >= 0.6 is 0 Å². The summed E-state index contributed by atoms with van der Waals surface area (Å²) in [6, 6.07) is 10.9.